The second-order valence-electron chi connectivity index (χ2n) is 8.46. The predicted molar refractivity (Wildman–Crippen MR) is 129 cm³/mol. The van der Waals surface area contributed by atoms with E-state index in [9.17, 15) is 14.4 Å². The molecule has 0 radical (unpaired) electrons. The first kappa shape index (κ1) is 24.7. The molecule has 188 valence electrons. The number of carbonyl (C=O) groups is 3. The molecular weight excluding hydrogens is 464 g/mol. The van der Waals surface area contributed by atoms with Gasteiger partial charge in [0.15, 0.2) is 5.82 Å². The minimum atomic E-state index is -0.764. The second kappa shape index (κ2) is 11.3. The molecule has 1 aromatic carbocycles. The fourth-order valence-corrected chi connectivity index (χ4v) is 4.02. The molecule has 2 aromatic heterocycles. The molecule has 36 heavy (non-hydrogen) atoms. The molecular formula is C23H28N10O3. The lowest BCUT2D eigenvalue weighted by molar-refractivity contribution is -0.127. The van der Waals surface area contributed by atoms with Crippen LogP contribution in [0.2, 0.25) is 0 Å². The smallest absolute Gasteiger partial charge is 0.247 e. The van der Waals surface area contributed by atoms with E-state index < -0.39 is 18.0 Å². The maximum Gasteiger partial charge on any atom is 0.247 e. The highest BCUT2D eigenvalue weighted by Crippen LogP contribution is 2.32. The van der Waals surface area contributed by atoms with Crippen molar-refractivity contribution >= 4 is 29.4 Å². The van der Waals surface area contributed by atoms with Gasteiger partial charge in [0.2, 0.25) is 23.7 Å². The van der Waals surface area contributed by atoms with Gasteiger partial charge in [-0.05, 0) is 23.6 Å². The maximum absolute atomic E-state index is 13.3. The van der Waals surface area contributed by atoms with Crippen LogP contribution in [-0.4, -0.2) is 66.9 Å². The molecule has 4 N–H and O–H groups in total. The van der Waals surface area contributed by atoms with Crippen molar-refractivity contribution in [2.24, 2.45) is 5.92 Å². The average Bonchev–Trinajstić information content (AvgIpc) is 3.57. The summed E-state index contributed by atoms with van der Waals surface area (Å²) in [6.45, 7) is 3.71. The number of H-pyrrole nitrogens is 1. The lowest BCUT2D eigenvalue weighted by Crippen LogP contribution is -2.52. The fourth-order valence-electron chi connectivity index (χ4n) is 4.02. The summed E-state index contributed by atoms with van der Waals surface area (Å²) in [6.07, 6.45) is 4.25. The number of hydrogen-bond acceptors (Lipinski definition) is 9. The molecule has 0 fully saturated rings. The van der Waals surface area contributed by atoms with E-state index in [0.29, 0.717) is 23.9 Å². The monoisotopic (exact) mass is 492 g/mol. The van der Waals surface area contributed by atoms with Gasteiger partial charge in [0, 0.05) is 24.5 Å². The molecule has 1 aliphatic heterocycles. The third kappa shape index (κ3) is 5.62. The van der Waals surface area contributed by atoms with Crippen molar-refractivity contribution in [1.29, 1.82) is 0 Å². The Balaban J connectivity index is 1.44. The first-order chi connectivity index (χ1) is 17.5. The molecule has 2 unspecified atom stereocenters. The van der Waals surface area contributed by atoms with E-state index in [1.807, 2.05) is 26.0 Å². The van der Waals surface area contributed by atoms with E-state index in [1.165, 1.54) is 4.90 Å². The zero-order valence-electron chi connectivity index (χ0n) is 20.0. The summed E-state index contributed by atoms with van der Waals surface area (Å²) in [7, 11) is 0. The Kier molecular flexibility index (Phi) is 7.78. The summed E-state index contributed by atoms with van der Waals surface area (Å²) in [6, 6.07) is 7.62. The number of aromatic nitrogens is 6. The predicted octanol–water partition coefficient (Wildman–Crippen LogP) is 0.207. The van der Waals surface area contributed by atoms with Crippen molar-refractivity contribution in [2.45, 2.75) is 45.3 Å². The van der Waals surface area contributed by atoms with Crippen molar-refractivity contribution in [1.82, 2.24) is 41.2 Å². The van der Waals surface area contributed by atoms with Gasteiger partial charge in [0.1, 0.15) is 12.1 Å². The first-order valence-corrected chi connectivity index (χ1v) is 11.7. The van der Waals surface area contributed by atoms with E-state index in [2.05, 4.69) is 46.5 Å². The van der Waals surface area contributed by atoms with E-state index in [-0.39, 0.29) is 30.8 Å². The first-order valence-electron chi connectivity index (χ1n) is 11.7. The molecule has 13 heteroatoms. The van der Waals surface area contributed by atoms with E-state index >= 15 is 0 Å². The number of carbonyl (C=O) groups excluding carboxylic acids is 3. The standard InChI is InChI=1S/C23H28N10O3/c1-3-14(2)20(28-23-24-9-6-10-25-23)22(36)27-13-19(34)33-16-8-5-4-7-15(16)11-17(33)21(35)26-12-18-29-31-32-30-18/h4-10,14,17,20H,3,11-13H2,1-2H3,(H,26,35)(H,27,36)(H,24,25,28)(H,29,30,31,32)/t14?,17-,20?/m0/s1. The van der Waals surface area contributed by atoms with Crippen LogP contribution < -0.4 is 20.9 Å². The highest BCUT2D eigenvalue weighted by molar-refractivity contribution is 6.05. The Hall–Kier alpha value is -4.42. The van der Waals surface area contributed by atoms with Crippen LogP contribution in [0.5, 0.6) is 0 Å². The summed E-state index contributed by atoms with van der Waals surface area (Å²) in [4.78, 5) is 49.1. The van der Waals surface area contributed by atoms with Crippen LogP contribution in [-0.2, 0) is 27.3 Å². The number of aromatic amines is 1. The highest BCUT2D eigenvalue weighted by atomic mass is 16.2. The maximum atomic E-state index is 13.3. The number of tetrazole rings is 1. The molecule has 13 nitrogen and oxygen atoms in total. The molecule has 0 saturated carbocycles. The van der Waals surface area contributed by atoms with Gasteiger partial charge in [-0.3, -0.25) is 19.3 Å². The molecule has 3 heterocycles. The van der Waals surface area contributed by atoms with Crippen molar-refractivity contribution in [2.75, 3.05) is 16.8 Å². The summed E-state index contributed by atoms with van der Waals surface area (Å²) in [5.74, 6) is -0.482. The van der Waals surface area contributed by atoms with Gasteiger partial charge >= 0.3 is 0 Å². The van der Waals surface area contributed by atoms with E-state index in [0.717, 1.165) is 12.0 Å². The summed E-state index contributed by atoms with van der Waals surface area (Å²) in [5.41, 5.74) is 1.52. The Morgan fingerprint density at radius 3 is 2.64 bits per heavy atom. The highest BCUT2D eigenvalue weighted by Gasteiger charge is 2.38. The molecule has 0 saturated heterocycles. The molecule has 1 aliphatic rings. The largest absolute Gasteiger partial charge is 0.347 e. The Morgan fingerprint density at radius 1 is 1.14 bits per heavy atom. The van der Waals surface area contributed by atoms with Crippen LogP contribution in [0.3, 0.4) is 0 Å². The van der Waals surface area contributed by atoms with Crippen LogP contribution in [0.1, 0.15) is 31.7 Å². The Morgan fingerprint density at radius 2 is 1.92 bits per heavy atom. The molecule has 0 aliphatic carbocycles. The molecule has 0 bridgehead atoms. The molecule has 4 rings (SSSR count). The average molecular weight is 493 g/mol. The van der Waals surface area contributed by atoms with Gasteiger partial charge in [-0.15, -0.1) is 10.2 Å². The van der Waals surface area contributed by atoms with Crippen LogP contribution in [0.15, 0.2) is 42.7 Å². The van der Waals surface area contributed by atoms with Gasteiger partial charge in [-0.2, -0.15) is 5.21 Å². The number of nitrogens with zero attached hydrogens (tertiary/aromatic N) is 6. The number of rotatable bonds is 10. The van der Waals surface area contributed by atoms with Gasteiger partial charge in [0.05, 0.1) is 13.1 Å². The number of benzene rings is 1. The van der Waals surface area contributed by atoms with Crippen LogP contribution in [0.25, 0.3) is 0 Å². The summed E-state index contributed by atoms with van der Waals surface area (Å²) >= 11 is 0. The Labute approximate surface area is 207 Å². The van der Waals surface area contributed by atoms with Crippen molar-refractivity contribution in [3.05, 3.63) is 54.1 Å². The lowest BCUT2D eigenvalue weighted by atomic mass is 9.98. The van der Waals surface area contributed by atoms with Gasteiger partial charge < -0.3 is 16.0 Å². The second-order valence-corrected chi connectivity index (χ2v) is 8.46. The summed E-state index contributed by atoms with van der Waals surface area (Å²) < 4.78 is 0. The third-order valence-corrected chi connectivity index (χ3v) is 6.12. The number of amides is 3. The quantitative estimate of drug-likeness (QED) is 0.309. The molecule has 3 aromatic rings. The topological polar surface area (TPSA) is 171 Å². The number of fused-ring (bicyclic) bond motifs is 1. The number of nitrogens with one attached hydrogen (secondary N) is 4. The molecule has 0 spiro atoms. The van der Waals surface area contributed by atoms with Gasteiger partial charge in [-0.1, -0.05) is 43.7 Å². The van der Waals surface area contributed by atoms with Gasteiger partial charge in [0.25, 0.3) is 0 Å². The normalized spacial score (nSPS) is 16.1. The van der Waals surface area contributed by atoms with Crippen molar-refractivity contribution < 1.29 is 14.4 Å². The summed E-state index contributed by atoms with van der Waals surface area (Å²) in [5, 5.41) is 22.0. The zero-order chi connectivity index (χ0) is 25.5. The number of para-hydroxylation sites is 1. The third-order valence-electron chi connectivity index (χ3n) is 6.12. The number of anilines is 2. The lowest BCUT2D eigenvalue weighted by Gasteiger charge is -2.26. The van der Waals surface area contributed by atoms with Crippen molar-refractivity contribution in [3.8, 4) is 0 Å². The van der Waals surface area contributed by atoms with Crippen LogP contribution >= 0.6 is 0 Å². The minimum absolute atomic E-state index is 0.0416. The molecule has 3 amide bonds. The van der Waals surface area contributed by atoms with Gasteiger partial charge in [-0.25, -0.2) is 9.97 Å². The van der Waals surface area contributed by atoms with Crippen LogP contribution in [0.4, 0.5) is 11.6 Å². The van der Waals surface area contributed by atoms with E-state index in [4.69, 9.17) is 0 Å². The minimum Gasteiger partial charge on any atom is -0.347 e. The van der Waals surface area contributed by atoms with Crippen molar-refractivity contribution in [3.63, 3.8) is 0 Å². The van der Waals surface area contributed by atoms with Crippen LogP contribution in [0, 0.1) is 5.92 Å². The molecule has 3 atom stereocenters. The SMILES string of the molecule is CCC(C)C(Nc1ncccn1)C(=O)NCC(=O)N1c2ccccc2C[C@H]1C(=O)NCc1nn[nH]n1. The number of hydrogen-bond donors (Lipinski definition) is 4. The van der Waals surface area contributed by atoms with E-state index in [1.54, 1.807) is 30.6 Å². The fraction of sp³-hybridized carbons (Fsp3) is 0.391. The zero-order valence-corrected chi connectivity index (χ0v) is 20.0. The Bertz CT molecular complexity index is 1190.